The van der Waals surface area contributed by atoms with Crippen LogP contribution in [0.4, 0.5) is 10.1 Å². The van der Waals surface area contributed by atoms with E-state index in [0.29, 0.717) is 16.5 Å². The summed E-state index contributed by atoms with van der Waals surface area (Å²) in [5, 5.41) is 0.657. The molecule has 0 fully saturated rings. The van der Waals surface area contributed by atoms with Crippen molar-refractivity contribution in [2.75, 3.05) is 5.73 Å². The van der Waals surface area contributed by atoms with E-state index in [1.807, 2.05) is 26.0 Å². The molecule has 0 amide bonds. The molecule has 0 saturated carbocycles. The fraction of sp³-hybridized carbons (Fsp3) is 0.143. The van der Waals surface area contributed by atoms with Gasteiger partial charge < -0.3 is 10.5 Å². The van der Waals surface area contributed by atoms with Crippen LogP contribution in [0.15, 0.2) is 30.3 Å². The molecule has 0 saturated heterocycles. The van der Waals surface area contributed by atoms with E-state index < -0.39 is 0 Å². The molecule has 2 aromatic carbocycles. The minimum absolute atomic E-state index is 0.267. The lowest BCUT2D eigenvalue weighted by atomic mass is 10.1. The van der Waals surface area contributed by atoms with Crippen LogP contribution in [0.25, 0.3) is 0 Å². The van der Waals surface area contributed by atoms with Crippen molar-refractivity contribution in [3.63, 3.8) is 0 Å². The third kappa shape index (κ3) is 2.57. The maximum absolute atomic E-state index is 12.9. The number of benzene rings is 2. The number of rotatable bonds is 2. The Balaban J connectivity index is 2.40. The normalized spacial score (nSPS) is 10.4. The van der Waals surface area contributed by atoms with E-state index in [1.165, 1.54) is 18.2 Å². The van der Waals surface area contributed by atoms with E-state index >= 15 is 0 Å². The minimum atomic E-state index is -0.385. The quantitative estimate of drug-likeness (QED) is 0.813. The van der Waals surface area contributed by atoms with Crippen LogP contribution in [0, 0.1) is 19.7 Å². The lowest BCUT2D eigenvalue weighted by molar-refractivity contribution is 0.475. The third-order valence-electron chi connectivity index (χ3n) is 2.61. The van der Waals surface area contributed by atoms with Gasteiger partial charge in [0.2, 0.25) is 0 Å². The summed E-state index contributed by atoms with van der Waals surface area (Å²) in [5.41, 5.74) is 7.79. The molecule has 94 valence electrons. The van der Waals surface area contributed by atoms with Crippen LogP contribution in [0.5, 0.6) is 11.5 Å². The van der Waals surface area contributed by atoms with Crippen LogP contribution in [0.3, 0.4) is 0 Å². The molecule has 0 spiro atoms. The Labute approximate surface area is 110 Å². The minimum Gasteiger partial charge on any atom is -0.455 e. The number of hydrogen-bond donors (Lipinski definition) is 1. The van der Waals surface area contributed by atoms with Crippen LogP contribution in [0.1, 0.15) is 11.1 Å². The molecule has 0 aliphatic heterocycles. The van der Waals surface area contributed by atoms with Gasteiger partial charge in [-0.25, -0.2) is 4.39 Å². The fourth-order valence-electron chi connectivity index (χ4n) is 1.78. The molecule has 18 heavy (non-hydrogen) atoms. The Bertz CT molecular complexity index is 575. The zero-order valence-electron chi connectivity index (χ0n) is 10.1. The Morgan fingerprint density at radius 1 is 1.11 bits per heavy atom. The summed E-state index contributed by atoms with van der Waals surface area (Å²) >= 11 is 5.95. The average molecular weight is 266 g/mol. The SMILES string of the molecule is Cc1cc(Cl)cc(C)c1Oc1ccc(F)cc1N. The number of nitrogen functional groups attached to an aromatic ring is 1. The van der Waals surface area contributed by atoms with Crippen LogP contribution in [-0.2, 0) is 0 Å². The average Bonchev–Trinajstić information content (AvgIpc) is 2.25. The topological polar surface area (TPSA) is 35.2 Å². The number of aryl methyl sites for hydroxylation is 2. The molecule has 0 atom stereocenters. The second-order valence-corrected chi connectivity index (χ2v) is 4.59. The molecular formula is C14H13ClFNO. The molecule has 2 rings (SSSR count). The highest BCUT2D eigenvalue weighted by molar-refractivity contribution is 6.30. The zero-order chi connectivity index (χ0) is 13.3. The van der Waals surface area contributed by atoms with Crippen molar-refractivity contribution < 1.29 is 9.13 Å². The van der Waals surface area contributed by atoms with E-state index in [0.717, 1.165) is 11.1 Å². The summed E-state index contributed by atoms with van der Waals surface area (Å²) in [6.07, 6.45) is 0. The van der Waals surface area contributed by atoms with Gasteiger partial charge in [0.25, 0.3) is 0 Å². The first-order chi connectivity index (χ1) is 8.47. The molecule has 0 radical (unpaired) electrons. The molecule has 0 bridgehead atoms. The number of hydrogen-bond acceptors (Lipinski definition) is 2. The van der Waals surface area contributed by atoms with Crippen LogP contribution >= 0.6 is 11.6 Å². The highest BCUT2D eigenvalue weighted by Gasteiger charge is 2.09. The molecule has 4 heteroatoms. The standard InChI is InChI=1S/C14H13ClFNO/c1-8-5-10(15)6-9(2)14(8)18-13-4-3-11(16)7-12(13)17/h3-7H,17H2,1-2H3. The van der Waals surface area contributed by atoms with Crippen molar-refractivity contribution >= 4 is 17.3 Å². The summed E-state index contributed by atoms with van der Waals surface area (Å²) in [7, 11) is 0. The van der Waals surface area contributed by atoms with Gasteiger partial charge in [-0.1, -0.05) is 11.6 Å². The summed E-state index contributed by atoms with van der Waals surface area (Å²) in [4.78, 5) is 0. The summed E-state index contributed by atoms with van der Waals surface area (Å²) in [6.45, 7) is 3.79. The highest BCUT2D eigenvalue weighted by Crippen LogP contribution is 2.34. The van der Waals surface area contributed by atoms with Crippen LogP contribution < -0.4 is 10.5 Å². The summed E-state index contributed by atoms with van der Waals surface area (Å²) in [5.74, 6) is 0.743. The first-order valence-corrected chi connectivity index (χ1v) is 5.85. The number of halogens is 2. The van der Waals surface area contributed by atoms with Gasteiger partial charge in [-0.15, -0.1) is 0 Å². The molecule has 0 aliphatic carbocycles. The monoisotopic (exact) mass is 265 g/mol. The molecule has 2 N–H and O–H groups in total. The third-order valence-corrected chi connectivity index (χ3v) is 2.83. The predicted molar refractivity (Wildman–Crippen MR) is 71.8 cm³/mol. The first kappa shape index (κ1) is 12.7. The van der Waals surface area contributed by atoms with Crippen LogP contribution in [0.2, 0.25) is 5.02 Å². The predicted octanol–water partition coefficient (Wildman–Crippen LogP) is 4.47. The van der Waals surface area contributed by atoms with E-state index in [9.17, 15) is 4.39 Å². The van der Waals surface area contributed by atoms with Crippen molar-refractivity contribution in [3.8, 4) is 11.5 Å². The van der Waals surface area contributed by atoms with E-state index in [-0.39, 0.29) is 11.5 Å². The Hall–Kier alpha value is -1.74. The van der Waals surface area contributed by atoms with Gasteiger partial charge in [-0.05, 0) is 49.2 Å². The van der Waals surface area contributed by atoms with Crippen molar-refractivity contribution in [1.82, 2.24) is 0 Å². The Morgan fingerprint density at radius 3 is 2.28 bits per heavy atom. The zero-order valence-corrected chi connectivity index (χ0v) is 10.9. The number of ether oxygens (including phenoxy) is 1. The molecule has 0 heterocycles. The summed E-state index contributed by atoms with van der Waals surface area (Å²) in [6, 6.07) is 7.67. The molecular weight excluding hydrogens is 253 g/mol. The lowest BCUT2D eigenvalue weighted by Crippen LogP contribution is -1.96. The largest absolute Gasteiger partial charge is 0.455 e. The Morgan fingerprint density at radius 2 is 1.72 bits per heavy atom. The van der Waals surface area contributed by atoms with Crippen molar-refractivity contribution in [2.24, 2.45) is 0 Å². The fourth-order valence-corrected chi connectivity index (χ4v) is 2.11. The van der Waals surface area contributed by atoms with Gasteiger partial charge in [-0.3, -0.25) is 0 Å². The van der Waals surface area contributed by atoms with Gasteiger partial charge in [0.15, 0.2) is 5.75 Å². The van der Waals surface area contributed by atoms with Crippen molar-refractivity contribution in [1.29, 1.82) is 0 Å². The van der Waals surface area contributed by atoms with Gasteiger partial charge in [0.05, 0.1) is 5.69 Å². The van der Waals surface area contributed by atoms with E-state index in [2.05, 4.69) is 0 Å². The molecule has 2 aromatic rings. The van der Waals surface area contributed by atoms with Gasteiger partial charge in [0, 0.05) is 11.1 Å². The second kappa shape index (κ2) is 4.86. The number of anilines is 1. The first-order valence-electron chi connectivity index (χ1n) is 5.47. The maximum atomic E-state index is 12.9. The maximum Gasteiger partial charge on any atom is 0.150 e. The van der Waals surface area contributed by atoms with Crippen molar-refractivity contribution in [2.45, 2.75) is 13.8 Å². The Kier molecular flexibility index (Phi) is 3.43. The molecule has 0 aliphatic rings. The van der Waals surface area contributed by atoms with E-state index in [4.69, 9.17) is 22.1 Å². The molecule has 0 aromatic heterocycles. The smallest absolute Gasteiger partial charge is 0.150 e. The van der Waals surface area contributed by atoms with Gasteiger partial charge >= 0.3 is 0 Å². The van der Waals surface area contributed by atoms with Gasteiger partial charge in [-0.2, -0.15) is 0 Å². The van der Waals surface area contributed by atoms with Crippen molar-refractivity contribution in [3.05, 3.63) is 52.3 Å². The molecule has 2 nitrogen and oxygen atoms in total. The lowest BCUT2D eigenvalue weighted by Gasteiger charge is -2.13. The van der Waals surface area contributed by atoms with Crippen LogP contribution in [-0.4, -0.2) is 0 Å². The van der Waals surface area contributed by atoms with E-state index in [1.54, 1.807) is 0 Å². The molecule has 0 unspecified atom stereocenters. The summed E-state index contributed by atoms with van der Waals surface area (Å²) < 4.78 is 18.7. The number of nitrogens with two attached hydrogens (primary N) is 1. The highest BCUT2D eigenvalue weighted by atomic mass is 35.5. The van der Waals surface area contributed by atoms with Gasteiger partial charge in [0.1, 0.15) is 11.6 Å². The second-order valence-electron chi connectivity index (χ2n) is 4.15.